The minimum Gasteiger partial charge on any atom is -0.468 e. The summed E-state index contributed by atoms with van der Waals surface area (Å²) in [6.07, 6.45) is 0. The standard InChI is InChI=1S/C22H19ClN4O4S3/c1-31-18(29)12-33-22-26-25-21(34-22)24-19(30)14-4-6-15(7-5-14)20-27(17(28)11-32-20)10-13-2-8-16(23)9-3-13/h2-9,20H,10-12H2,1H3,(H,24,25,30)/t20-/m0/s1. The van der Waals surface area contributed by atoms with E-state index in [2.05, 4.69) is 20.3 Å². The highest BCUT2D eigenvalue weighted by Gasteiger charge is 2.32. The maximum absolute atomic E-state index is 12.6. The number of amides is 2. The van der Waals surface area contributed by atoms with Crippen molar-refractivity contribution in [3.8, 4) is 0 Å². The van der Waals surface area contributed by atoms with Gasteiger partial charge in [0.2, 0.25) is 11.0 Å². The molecule has 2 aromatic carbocycles. The van der Waals surface area contributed by atoms with E-state index >= 15 is 0 Å². The number of ether oxygens (including phenoxy) is 1. The number of anilines is 1. The first-order valence-electron chi connectivity index (χ1n) is 10.0. The van der Waals surface area contributed by atoms with Gasteiger partial charge in [-0.3, -0.25) is 19.7 Å². The quantitative estimate of drug-likeness (QED) is 0.256. The molecule has 2 amide bonds. The van der Waals surface area contributed by atoms with Gasteiger partial charge in [-0.25, -0.2) is 0 Å². The van der Waals surface area contributed by atoms with Crippen LogP contribution in [0.15, 0.2) is 52.9 Å². The van der Waals surface area contributed by atoms with Gasteiger partial charge in [-0.2, -0.15) is 0 Å². The summed E-state index contributed by atoms with van der Waals surface area (Å²) in [5.41, 5.74) is 2.41. The van der Waals surface area contributed by atoms with Crippen molar-refractivity contribution < 1.29 is 19.1 Å². The number of esters is 1. The van der Waals surface area contributed by atoms with Gasteiger partial charge in [-0.15, -0.1) is 22.0 Å². The Morgan fingerprint density at radius 3 is 2.62 bits per heavy atom. The van der Waals surface area contributed by atoms with Gasteiger partial charge in [0.1, 0.15) is 5.37 Å². The number of benzene rings is 2. The lowest BCUT2D eigenvalue weighted by Crippen LogP contribution is -2.27. The fourth-order valence-electron chi connectivity index (χ4n) is 3.15. The molecule has 0 aliphatic carbocycles. The highest BCUT2D eigenvalue weighted by molar-refractivity contribution is 8.01. The molecule has 1 aliphatic rings. The van der Waals surface area contributed by atoms with Crippen LogP contribution < -0.4 is 5.32 Å². The molecular weight excluding hydrogens is 516 g/mol. The Morgan fingerprint density at radius 2 is 1.91 bits per heavy atom. The minimum absolute atomic E-state index is 0.0731. The van der Waals surface area contributed by atoms with Crippen LogP contribution >= 0.6 is 46.5 Å². The third-order valence-electron chi connectivity index (χ3n) is 4.86. The molecular formula is C22H19ClN4O4S3. The zero-order valence-electron chi connectivity index (χ0n) is 17.9. The molecule has 0 bridgehead atoms. The van der Waals surface area contributed by atoms with Crippen LogP contribution in [0.25, 0.3) is 0 Å². The molecule has 1 aromatic heterocycles. The monoisotopic (exact) mass is 534 g/mol. The molecule has 3 aromatic rings. The predicted molar refractivity (Wildman–Crippen MR) is 134 cm³/mol. The summed E-state index contributed by atoms with van der Waals surface area (Å²) in [5, 5.41) is 11.5. The Balaban J connectivity index is 1.38. The van der Waals surface area contributed by atoms with Crippen LogP contribution in [-0.2, 0) is 20.9 Å². The lowest BCUT2D eigenvalue weighted by Gasteiger charge is -2.24. The maximum atomic E-state index is 12.6. The molecule has 0 saturated carbocycles. The van der Waals surface area contributed by atoms with Crippen LogP contribution in [0, 0.1) is 0 Å². The Morgan fingerprint density at radius 1 is 1.18 bits per heavy atom. The number of halogens is 1. The Hall–Kier alpha value is -2.60. The summed E-state index contributed by atoms with van der Waals surface area (Å²) in [5.74, 6) is -0.0745. The van der Waals surface area contributed by atoms with Crippen LogP contribution in [-0.4, -0.2) is 51.5 Å². The van der Waals surface area contributed by atoms with Gasteiger partial charge in [0, 0.05) is 17.1 Å². The lowest BCUT2D eigenvalue weighted by molar-refractivity contribution is -0.137. The van der Waals surface area contributed by atoms with Crippen LogP contribution in [0.2, 0.25) is 5.02 Å². The summed E-state index contributed by atoms with van der Waals surface area (Å²) >= 11 is 9.89. The average Bonchev–Trinajstić information content (AvgIpc) is 3.45. The molecule has 4 rings (SSSR count). The predicted octanol–water partition coefficient (Wildman–Crippen LogP) is 4.48. The lowest BCUT2D eigenvalue weighted by atomic mass is 10.1. The number of methoxy groups -OCH3 is 1. The van der Waals surface area contributed by atoms with Crippen LogP contribution in [0.3, 0.4) is 0 Å². The van der Waals surface area contributed by atoms with E-state index in [1.165, 1.54) is 30.2 Å². The number of aromatic nitrogens is 2. The first-order chi connectivity index (χ1) is 16.4. The summed E-state index contributed by atoms with van der Waals surface area (Å²) in [6.45, 7) is 0.489. The molecule has 1 N–H and O–H groups in total. The van der Waals surface area contributed by atoms with Crippen molar-refractivity contribution in [1.82, 2.24) is 15.1 Å². The number of carbonyl (C=O) groups excluding carboxylic acids is 3. The van der Waals surface area contributed by atoms with Crippen molar-refractivity contribution in [1.29, 1.82) is 0 Å². The summed E-state index contributed by atoms with van der Waals surface area (Å²) in [7, 11) is 1.32. The fourth-order valence-corrected chi connectivity index (χ4v) is 6.05. The molecule has 34 heavy (non-hydrogen) atoms. The Bertz CT molecular complexity index is 1190. The van der Waals surface area contributed by atoms with E-state index < -0.39 is 0 Å². The van der Waals surface area contributed by atoms with Crippen molar-refractivity contribution in [3.63, 3.8) is 0 Å². The molecule has 12 heteroatoms. The van der Waals surface area contributed by atoms with Crippen molar-refractivity contribution in [2.45, 2.75) is 16.3 Å². The molecule has 0 radical (unpaired) electrons. The molecule has 0 spiro atoms. The second kappa shape index (κ2) is 11.2. The first kappa shape index (κ1) is 24.5. The molecule has 1 fully saturated rings. The van der Waals surface area contributed by atoms with Crippen LogP contribution in [0.5, 0.6) is 0 Å². The van der Waals surface area contributed by atoms with E-state index in [1.54, 1.807) is 23.9 Å². The molecule has 1 saturated heterocycles. The van der Waals surface area contributed by atoms with Gasteiger partial charge in [-0.1, -0.05) is 59.0 Å². The van der Waals surface area contributed by atoms with Gasteiger partial charge in [0.25, 0.3) is 5.91 Å². The second-order valence-corrected chi connectivity index (χ2v) is 10.8. The van der Waals surface area contributed by atoms with E-state index in [0.29, 0.717) is 32.4 Å². The van der Waals surface area contributed by atoms with Gasteiger partial charge in [0.05, 0.1) is 18.6 Å². The number of nitrogens with one attached hydrogen (secondary N) is 1. The largest absolute Gasteiger partial charge is 0.468 e. The van der Waals surface area contributed by atoms with Crippen LogP contribution in [0.1, 0.15) is 26.9 Å². The van der Waals surface area contributed by atoms with Crippen molar-refractivity contribution in [2.75, 3.05) is 23.9 Å². The van der Waals surface area contributed by atoms with Crippen LogP contribution in [0.4, 0.5) is 5.13 Å². The van der Waals surface area contributed by atoms with Crippen molar-refractivity contribution >= 4 is 69.4 Å². The maximum Gasteiger partial charge on any atom is 0.316 e. The third-order valence-corrected chi connectivity index (χ3v) is 8.31. The van der Waals surface area contributed by atoms with Gasteiger partial charge in [-0.05, 0) is 35.4 Å². The molecule has 8 nitrogen and oxygen atoms in total. The Kier molecular flexibility index (Phi) is 8.09. The number of nitrogens with zero attached hydrogens (tertiary/aromatic N) is 3. The first-order valence-corrected chi connectivity index (χ1v) is 13.3. The molecule has 1 atom stereocenters. The van der Waals surface area contributed by atoms with E-state index in [1.807, 2.05) is 41.3 Å². The molecule has 1 aliphatic heterocycles. The highest BCUT2D eigenvalue weighted by atomic mass is 35.5. The zero-order chi connectivity index (χ0) is 24.1. The number of rotatable bonds is 8. The normalized spacial score (nSPS) is 15.4. The summed E-state index contributed by atoms with van der Waals surface area (Å²) in [4.78, 5) is 38.2. The molecule has 2 heterocycles. The Labute approximate surface area is 213 Å². The second-order valence-electron chi connectivity index (χ2n) is 7.13. The van der Waals surface area contributed by atoms with E-state index in [9.17, 15) is 14.4 Å². The molecule has 176 valence electrons. The van der Waals surface area contributed by atoms with Crippen molar-refractivity contribution in [3.05, 3.63) is 70.2 Å². The summed E-state index contributed by atoms with van der Waals surface area (Å²) < 4.78 is 5.15. The zero-order valence-corrected chi connectivity index (χ0v) is 21.1. The van der Waals surface area contributed by atoms with E-state index in [-0.39, 0.29) is 28.9 Å². The smallest absolute Gasteiger partial charge is 0.316 e. The fraction of sp³-hybridized carbons (Fsp3) is 0.227. The van der Waals surface area contributed by atoms with E-state index in [0.717, 1.165) is 11.1 Å². The number of hydrogen-bond acceptors (Lipinski definition) is 9. The topological polar surface area (TPSA) is 101 Å². The molecule has 0 unspecified atom stereocenters. The van der Waals surface area contributed by atoms with Gasteiger partial charge >= 0.3 is 5.97 Å². The highest BCUT2D eigenvalue weighted by Crippen LogP contribution is 2.39. The average molecular weight is 535 g/mol. The SMILES string of the molecule is COC(=O)CSc1nnc(NC(=O)c2ccc([C@@H]3SCC(=O)N3Cc3ccc(Cl)cc3)cc2)s1. The number of carbonyl (C=O) groups is 3. The van der Waals surface area contributed by atoms with E-state index in [4.69, 9.17) is 11.6 Å². The minimum atomic E-state index is -0.361. The van der Waals surface area contributed by atoms with Gasteiger partial charge < -0.3 is 9.64 Å². The van der Waals surface area contributed by atoms with Gasteiger partial charge in [0.15, 0.2) is 4.34 Å². The van der Waals surface area contributed by atoms with Crippen molar-refractivity contribution in [2.24, 2.45) is 0 Å². The number of hydrogen-bond donors (Lipinski definition) is 1. The number of thioether (sulfide) groups is 2. The third kappa shape index (κ3) is 6.09. The summed E-state index contributed by atoms with van der Waals surface area (Å²) in [6, 6.07) is 14.6.